The largest absolute Gasteiger partial charge is 0.480 e. The van der Waals surface area contributed by atoms with Crippen LogP contribution in [0, 0.1) is 5.92 Å². The van der Waals surface area contributed by atoms with Crippen LogP contribution in [0.5, 0.6) is 0 Å². The molecule has 0 radical (unpaired) electrons. The molecule has 20 heavy (non-hydrogen) atoms. The Bertz CT molecular complexity index is 347. The molecule has 0 aromatic heterocycles. The van der Waals surface area contributed by atoms with Gasteiger partial charge in [0.15, 0.2) is 0 Å². The van der Waals surface area contributed by atoms with Crippen molar-refractivity contribution in [2.75, 3.05) is 7.05 Å². The molecule has 116 valence electrons. The van der Waals surface area contributed by atoms with E-state index in [1.807, 2.05) is 20.8 Å². The molecule has 0 bridgehead atoms. The number of nitrogens with one attached hydrogen (secondary N) is 1. The Hall–Kier alpha value is -1.26. The lowest BCUT2D eigenvalue weighted by Gasteiger charge is -2.34. The van der Waals surface area contributed by atoms with Crippen molar-refractivity contribution in [1.29, 1.82) is 0 Å². The SMILES string of the molecule is CC(C)C(C)N(C)C(=O)NC1(C(=O)O)CCCCCC1. The van der Waals surface area contributed by atoms with Gasteiger partial charge < -0.3 is 15.3 Å². The number of hydrogen-bond acceptors (Lipinski definition) is 2. The van der Waals surface area contributed by atoms with Gasteiger partial charge in [-0.2, -0.15) is 0 Å². The van der Waals surface area contributed by atoms with E-state index in [9.17, 15) is 14.7 Å². The number of aliphatic carboxylic acids is 1. The Morgan fingerprint density at radius 1 is 1.10 bits per heavy atom. The molecule has 1 saturated carbocycles. The van der Waals surface area contributed by atoms with E-state index in [0.717, 1.165) is 25.7 Å². The highest BCUT2D eigenvalue weighted by molar-refractivity contribution is 5.86. The predicted molar refractivity (Wildman–Crippen MR) is 78.7 cm³/mol. The molecule has 2 N–H and O–H groups in total. The molecule has 0 aromatic carbocycles. The Balaban J connectivity index is 2.80. The maximum absolute atomic E-state index is 12.3. The quantitative estimate of drug-likeness (QED) is 0.780. The number of hydrogen-bond donors (Lipinski definition) is 2. The van der Waals surface area contributed by atoms with Crippen molar-refractivity contribution in [3.05, 3.63) is 0 Å². The summed E-state index contributed by atoms with van der Waals surface area (Å²) < 4.78 is 0. The second-order valence-electron chi connectivity index (χ2n) is 6.33. The number of rotatable bonds is 4. The molecule has 0 heterocycles. The maximum Gasteiger partial charge on any atom is 0.329 e. The zero-order chi connectivity index (χ0) is 15.3. The van der Waals surface area contributed by atoms with E-state index in [4.69, 9.17) is 0 Å². The van der Waals surface area contributed by atoms with Crippen molar-refractivity contribution in [3.8, 4) is 0 Å². The van der Waals surface area contributed by atoms with Crippen LogP contribution in [0.25, 0.3) is 0 Å². The summed E-state index contributed by atoms with van der Waals surface area (Å²) in [6, 6.07) is -0.206. The summed E-state index contributed by atoms with van der Waals surface area (Å²) in [5.41, 5.74) is -1.08. The third-order valence-electron chi connectivity index (χ3n) is 4.61. The number of carboxylic acids is 1. The molecule has 5 heteroatoms. The van der Waals surface area contributed by atoms with E-state index in [2.05, 4.69) is 5.32 Å². The van der Waals surface area contributed by atoms with Gasteiger partial charge in [-0.3, -0.25) is 0 Å². The van der Waals surface area contributed by atoms with Crippen LogP contribution >= 0.6 is 0 Å². The Kier molecular flexibility index (Phi) is 5.84. The molecule has 2 amide bonds. The summed E-state index contributed by atoms with van der Waals surface area (Å²) in [5, 5.41) is 12.4. The Morgan fingerprint density at radius 2 is 1.60 bits per heavy atom. The van der Waals surface area contributed by atoms with E-state index >= 15 is 0 Å². The first kappa shape index (κ1) is 16.8. The van der Waals surface area contributed by atoms with Gasteiger partial charge in [0.1, 0.15) is 5.54 Å². The van der Waals surface area contributed by atoms with Gasteiger partial charge in [0, 0.05) is 13.1 Å². The van der Waals surface area contributed by atoms with Gasteiger partial charge in [0.05, 0.1) is 0 Å². The van der Waals surface area contributed by atoms with Gasteiger partial charge in [0.25, 0.3) is 0 Å². The first-order valence-corrected chi connectivity index (χ1v) is 7.58. The number of urea groups is 1. The molecule has 1 atom stereocenters. The van der Waals surface area contributed by atoms with Gasteiger partial charge in [-0.15, -0.1) is 0 Å². The van der Waals surface area contributed by atoms with Gasteiger partial charge >= 0.3 is 12.0 Å². The minimum absolute atomic E-state index is 0.0756. The average molecular weight is 284 g/mol. The minimum atomic E-state index is -1.08. The molecular formula is C15H28N2O3. The topological polar surface area (TPSA) is 69.6 Å². The van der Waals surface area contributed by atoms with Crippen LogP contribution in [0.4, 0.5) is 4.79 Å². The second kappa shape index (κ2) is 6.95. The molecule has 1 aliphatic carbocycles. The molecule has 0 aliphatic heterocycles. The van der Waals surface area contributed by atoms with Crippen LogP contribution in [0.2, 0.25) is 0 Å². The van der Waals surface area contributed by atoms with E-state index in [0.29, 0.717) is 18.8 Å². The molecule has 0 aromatic rings. The van der Waals surface area contributed by atoms with Gasteiger partial charge in [-0.25, -0.2) is 9.59 Å². The lowest BCUT2D eigenvalue weighted by Crippen LogP contribution is -2.58. The number of carbonyl (C=O) groups excluding carboxylic acids is 1. The Labute approximate surface area is 121 Å². The first-order valence-electron chi connectivity index (χ1n) is 7.58. The molecule has 5 nitrogen and oxygen atoms in total. The molecule has 0 spiro atoms. The van der Waals surface area contributed by atoms with Gasteiger partial charge in [0.2, 0.25) is 0 Å². The van der Waals surface area contributed by atoms with Crippen LogP contribution in [-0.4, -0.2) is 40.6 Å². The maximum atomic E-state index is 12.3. The van der Waals surface area contributed by atoms with Crippen molar-refractivity contribution in [3.63, 3.8) is 0 Å². The first-order chi connectivity index (χ1) is 9.30. The second-order valence-corrected chi connectivity index (χ2v) is 6.33. The monoisotopic (exact) mass is 284 g/mol. The third-order valence-corrected chi connectivity index (χ3v) is 4.61. The van der Waals surface area contributed by atoms with Gasteiger partial charge in [-0.1, -0.05) is 39.5 Å². The van der Waals surface area contributed by atoms with Crippen LogP contribution in [-0.2, 0) is 4.79 Å². The van der Waals surface area contributed by atoms with Crippen LogP contribution < -0.4 is 5.32 Å². The summed E-state index contributed by atoms with van der Waals surface area (Å²) in [7, 11) is 1.73. The summed E-state index contributed by atoms with van der Waals surface area (Å²) in [5.74, 6) is -0.570. The van der Waals surface area contributed by atoms with Gasteiger partial charge in [-0.05, 0) is 25.7 Å². The number of amides is 2. The molecular weight excluding hydrogens is 256 g/mol. The van der Waals surface area contributed by atoms with Crippen molar-refractivity contribution < 1.29 is 14.7 Å². The lowest BCUT2D eigenvalue weighted by atomic mass is 9.90. The summed E-state index contributed by atoms with van der Waals surface area (Å²) in [6.07, 6.45) is 4.86. The minimum Gasteiger partial charge on any atom is -0.480 e. The van der Waals surface area contributed by atoms with Crippen molar-refractivity contribution in [2.45, 2.75) is 70.9 Å². The molecule has 0 saturated heterocycles. The van der Waals surface area contributed by atoms with Crippen LogP contribution in [0.3, 0.4) is 0 Å². The third kappa shape index (κ3) is 3.87. The van der Waals surface area contributed by atoms with Crippen LogP contribution in [0.15, 0.2) is 0 Å². The fourth-order valence-electron chi connectivity index (χ4n) is 2.65. The average Bonchev–Trinajstić information content (AvgIpc) is 2.63. The van der Waals surface area contributed by atoms with Crippen molar-refractivity contribution in [2.24, 2.45) is 5.92 Å². The standard InChI is InChI=1S/C15H28N2O3/c1-11(2)12(3)17(4)14(20)16-15(13(18)19)9-7-5-6-8-10-15/h11-12H,5-10H2,1-4H3,(H,16,20)(H,18,19). The number of carbonyl (C=O) groups is 2. The van der Waals surface area contributed by atoms with E-state index in [1.165, 1.54) is 0 Å². The molecule has 1 rings (SSSR count). The zero-order valence-corrected chi connectivity index (χ0v) is 13.1. The molecule has 1 unspecified atom stereocenters. The summed E-state index contributed by atoms with van der Waals surface area (Å²) >= 11 is 0. The highest BCUT2D eigenvalue weighted by Gasteiger charge is 2.41. The summed E-state index contributed by atoms with van der Waals surface area (Å²) in [4.78, 5) is 25.6. The fraction of sp³-hybridized carbons (Fsp3) is 0.867. The number of nitrogens with zero attached hydrogens (tertiary/aromatic N) is 1. The predicted octanol–water partition coefficient (Wildman–Crippen LogP) is 2.85. The lowest BCUT2D eigenvalue weighted by molar-refractivity contribution is -0.145. The Morgan fingerprint density at radius 3 is 2.00 bits per heavy atom. The van der Waals surface area contributed by atoms with E-state index in [-0.39, 0.29) is 12.1 Å². The van der Waals surface area contributed by atoms with Crippen molar-refractivity contribution >= 4 is 12.0 Å². The number of carboxylic acid groups (broad SMARTS) is 1. The zero-order valence-electron chi connectivity index (χ0n) is 13.1. The normalized spacial score (nSPS) is 20.1. The van der Waals surface area contributed by atoms with E-state index < -0.39 is 11.5 Å². The van der Waals surface area contributed by atoms with Crippen molar-refractivity contribution in [1.82, 2.24) is 10.2 Å². The fourth-order valence-corrected chi connectivity index (χ4v) is 2.65. The highest BCUT2D eigenvalue weighted by Crippen LogP contribution is 2.28. The highest BCUT2D eigenvalue weighted by atomic mass is 16.4. The smallest absolute Gasteiger partial charge is 0.329 e. The molecule has 1 fully saturated rings. The molecule has 1 aliphatic rings. The van der Waals surface area contributed by atoms with Crippen LogP contribution in [0.1, 0.15) is 59.3 Å². The van der Waals surface area contributed by atoms with E-state index in [1.54, 1.807) is 11.9 Å². The summed E-state index contributed by atoms with van der Waals surface area (Å²) in [6.45, 7) is 6.07.